The molecule has 3 aromatic carbocycles. The Kier molecular flexibility index (Phi) is 20.7. The summed E-state index contributed by atoms with van der Waals surface area (Å²) < 4.78 is 56.1. The molecule has 0 fully saturated rings. The van der Waals surface area contributed by atoms with Gasteiger partial charge >= 0.3 is 76.3 Å². The molecule has 0 aliphatic rings. The third-order valence-electron chi connectivity index (χ3n) is 4.46. The Hall–Kier alpha value is 1.14. The predicted molar refractivity (Wildman–Crippen MR) is 159 cm³/mol. The second-order valence-corrected chi connectivity index (χ2v) is 23.0. The van der Waals surface area contributed by atoms with E-state index in [0.717, 1.165) is 11.6 Å². The van der Waals surface area contributed by atoms with E-state index in [1.807, 2.05) is 21.6 Å². The molecule has 12 heteroatoms. The first-order valence-electron chi connectivity index (χ1n) is 10.0. The van der Waals surface area contributed by atoms with E-state index in [9.17, 15) is 17.7 Å². The van der Waals surface area contributed by atoms with Crippen molar-refractivity contribution < 1.29 is 48.0 Å². The Morgan fingerprint density at radius 2 is 0.944 bits per heavy atom. The van der Waals surface area contributed by atoms with Crippen molar-refractivity contribution in [3.63, 3.8) is 0 Å². The Morgan fingerprint density at radius 3 is 1.22 bits per heavy atom. The van der Waals surface area contributed by atoms with E-state index >= 15 is 0 Å². The van der Waals surface area contributed by atoms with E-state index in [-0.39, 0.29) is 0 Å². The molecule has 3 rings (SSSR count). The van der Waals surface area contributed by atoms with Crippen molar-refractivity contribution in [2.45, 2.75) is 56.2 Å². The van der Waals surface area contributed by atoms with Crippen LogP contribution in [-0.2, 0) is 30.3 Å². The molecule has 0 amide bonds. The summed E-state index contributed by atoms with van der Waals surface area (Å²) in [5.74, 6) is 0. The van der Waals surface area contributed by atoms with Crippen molar-refractivity contribution in [2.24, 2.45) is 0 Å². The summed E-state index contributed by atoms with van der Waals surface area (Å²) in [6.45, 7) is 11.9. The molecule has 36 heavy (non-hydrogen) atoms. The zero-order chi connectivity index (χ0) is 27.9. The molecule has 0 aliphatic heterocycles. The average molecular weight is 919 g/mol. The van der Waals surface area contributed by atoms with Crippen LogP contribution in [0.15, 0.2) is 69.3 Å². The normalized spacial score (nSPS) is 10.7. The number of hydrogen-bond donors (Lipinski definition) is 0. The first-order chi connectivity index (χ1) is 16.8. The van der Waals surface area contributed by atoms with Crippen molar-refractivity contribution in [3.8, 4) is 0 Å². The van der Waals surface area contributed by atoms with Gasteiger partial charge in [0, 0.05) is 9.79 Å². The first kappa shape index (κ1) is 37.1. The molecule has 0 unspecified atom stereocenters. The standard InChI is InChI=1S/C16H18S2.C8H9F3S.Ag.2FH.2HI.V/c1-11-5-7-15(13(3)9-11)17-18-16-8-6-12(2)10-14(16)4;1-6-3-4-8(7(2)5-6)12(9,10)11;;;;;;/h5-10H,1-4H3;3-5H,1-2H3;;4*1H;/q;;+2;;;;;+2/p-4. The fourth-order valence-electron chi connectivity index (χ4n) is 2.93. The van der Waals surface area contributed by atoms with Crippen molar-refractivity contribution in [2.75, 3.05) is 0 Å². The summed E-state index contributed by atoms with van der Waals surface area (Å²) in [5.41, 5.74) is 6.55. The van der Waals surface area contributed by atoms with Crippen LogP contribution in [0.5, 0.6) is 0 Å². The van der Waals surface area contributed by atoms with Gasteiger partial charge in [0.2, 0.25) is 11.2 Å². The minimum absolute atomic E-state index is 0.317. The van der Waals surface area contributed by atoms with Gasteiger partial charge in [0.1, 0.15) is 0 Å². The summed E-state index contributed by atoms with van der Waals surface area (Å²) in [5, 5.41) is 0. The molecule has 0 heterocycles. The van der Waals surface area contributed by atoms with E-state index in [4.69, 9.17) is 0 Å². The molecule has 3 aromatic rings. The topological polar surface area (TPSA) is 0 Å². The molecule has 0 bridgehead atoms. The second kappa shape index (κ2) is 20.1. The van der Waals surface area contributed by atoms with E-state index in [2.05, 4.69) is 104 Å². The summed E-state index contributed by atoms with van der Waals surface area (Å²) in [7, 11) is 4.32. The Morgan fingerprint density at radius 1 is 0.639 bits per heavy atom. The SMILES string of the molecule is Cc1ccc(S(F)(F)F)c(C)c1.Cc1ccc(SSc2ccc(C)cc2C)c(C)c1.[F][Ag][F].[I][V][I]. The quantitative estimate of drug-likeness (QED) is 0.111. The van der Waals surface area contributed by atoms with Gasteiger partial charge in [-0.3, -0.25) is 0 Å². The molecule has 0 atom stereocenters. The summed E-state index contributed by atoms with van der Waals surface area (Å²) in [4.78, 5) is 2.24. The Bertz CT molecular complexity index is 1020. The zero-order valence-corrected chi connectivity index (χ0v) is 30.0. The van der Waals surface area contributed by atoms with Gasteiger partial charge in [0.15, 0.2) is 0 Å². The molecule has 0 aromatic heterocycles. The average Bonchev–Trinajstić information content (AvgIpc) is 2.75. The number of aryl methyl sites for hydroxylation is 6. The van der Waals surface area contributed by atoms with Gasteiger partial charge < -0.3 is 0 Å². The van der Waals surface area contributed by atoms with Crippen LogP contribution in [0.4, 0.5) is 17.7 Å². The second-order valence-electron chi connectivity index (χ2n) is 7.49. The van der Waals surface area contributed by atoms with Gasteiger partial charge in [-0.15, -0.1) is 11.7 Å². The molecular formula is C24H27AgF5I2S3V. The van der Waals surface area contributed by atoms with Crippen LogP contribution < -0.4 is 0 Å². The van der Waals surface area contributed by atoms with E-state index < -0.39 is 36.9 Å². The van der Waals surface area contributed by atoms with Gasteiger partial charge in [-0.2, -0.15) is 0 Å². The van der Waals surface area contributed by atoms with Crippen molar-refractivity contribution >= 4 is 72.7 Å². The summed E-state index contributed by atoms with van der Waals surface area (Å²) in [6, 6.07) is 17.5. The molecule has 0 radical (unpaired) electrons. The molecule has 0 aliphatic carbocycles. The fourth-order valence-corrected chi connectivity index (χ4v) is 6.05. The summed E-state index contributed by atoms with van der Waals surface area (Å²) in [6.07, 6.45) is 0. The van der Waals surface area contributed by atoms with Crippen molar-refractivity contribution in [1.82, 2.24) is 0 Å². The van der Waals surface area contributed by atoms with Crippen LogP contribution in [0.3, 0.4) is 0 Å². The number of benzene rings is 3. The van der Waals surface area contributed by atoms with Crippen LogP contribution in [0.1, 0.15) is 33.4 Å². The molecule has 0 spiro atoms. The monoisotopic (exact) mass is 918 g/mol. The van der Waals surface area contributed by atoms with Crippen molar-refractivity contribution in [1.29, 1.82) is 0 Å². The third kappa shape index (κ3) is 15.7. The van der Waals surface area contributed by atoms with Gasteiger partial charge in [0.25, 0.3) is 0 Å². The summed E-state index contributed by atoms with van der Waals surface area (Å²) >= 11 is -2.24. The van der Waals surface area contributed by atoms with Crippen LogP contribution in [-0.4, -0.2) is 0 Å². The minimum atomic E-state index is -5.05. The van der Waals surface area contributed by atoms with Crippen LogP contribution in [0.2, 0.25) is 0 Å². The van der Waals surface area contributed by atoms with Crippen LogP contribution in [0.25, 0.3) is 0 Å². The van der Waals surface area contributed by atoms with E-state index in [1.54, 1.807) is 13.0 Å². The number of rotatable bonds is 4. The predicted octanol–water partition coefficient (Wildman–Crippen LogP) is 12.4. The van der Waals surface area contributed by atoms with Gasteiger partial charge in [0.05, 0.1) is 4.90 Å². The van der Waals surface area contributed by atoms with E-state index in [0.29, 0.717) is 15.0 Å². The Labute approximate surface area is 261 Å². The van der Waals surface area contributed by atoms with Crippen LogP contribution in [0, 0.1) is 41.5 Å². The maximum atomic E-state index is 12.3. The van der Waals surface area contributed by atoms with Crippen molar-refractivity contribution in [3.05, 3.63) is 88.0 Å². The molecule has 0 N–H and O–H groups in total. The van der Waals surface area contributed by atoms with E-state index in [1.165, 1.54) is 45.0 Å². The third-order valence-corrected chi connectivity index (χ3v) is 8.10. The molecule has 206 valence electrons. The molecule has 0 nitrogen and oxygen atoms in total. The van der Waals surface area contributed by atoms with Gasteiger partial charge in [-0.25, -0.2) is 0 Å². The molecular weight excluding hydrogens is 892 g/mol. The Balaban J connectivity index is 0.000000587. The first-order valence-corrected chi connectivity index (χ1v) is 23.6. The number of hydrogen-bond acceptors (Lipinski definition) is 2. The zero-order valence-electron chi connectivity index (χ0n) is 20.3. The van der Waals surface area contributed by atoms with Gasteiger partial charge in [-0.05, 0) is 76.4 Å². The molecule has 0 saturated carbocycles. The van der Waals surface area contributed by atoms with Crippen LogP contribution >= 0.6 is 72.7 Å². The molecule has 0 saturated heterocycles. The van der Waals surface area contributed by atoms with Gasteiger partial charge in [-0.1, -0.05) is 74.7 Å². The maximum absolute atomic E-state index is 12.3. The number of halogens is 7. The fraction of sp³-hybridized carbons (Fsp3) is 0.250.